The summed E-state index contributed by atoms with van der Waals surface area (Å²) in [5, 5.41) is 0. The molecule has 0 unspecified atom stereocenters. The van der Waals surface area contributed by atoms with Crippen LogP contribution in [0.5, 0.6) is 0 Å². The van der Waals surface area contributed by atoms with Gasteiger partial charge in [0.1, 0.15) is 6.54 Å². The summed E-state index contributed by atoms with van der Waals surface area (Å²) in [6.45, 7) is 1.39. The molecule has 20 heavy (non-hydrogen) atoms. The molecule has 0 bridgehead atoms. The van der Waals surface area contributed by atoms with Crippen molar-refractivity contribution in [3.05, 3.63) is 29.8 Å². The molecule has 0 fully saturated rings. The number of nitrogens with two attached hydrogens (primary N) is 1. The van der Waals surface area contributed by atoms with E-state index in [-0.39, 0.29) is 24.4 Å². The minimum absolute atomic E-state index is 0.115. The molecule has 1 aromatic carbocycles. The van der Waals surface area contributed by atoms with Crippen LogP contribution in [-0.4, -0.2) is 38.2 Å². The van der Waals surface area contributed by atoms with Gasteiger partial charge >= 0.3 is 12.1 Å². The Kier molecular flexibility index (Phi) is 5.52. The van der Waals surface area contributed by atoms with Crippen LogP contribution >= 0.6 is 0 Å². The first-order chi connectivity index (χ1) is 9.51. The van der Waals surface area contributed by atoms with E-state index in [1.165, 1.54) is 19.2 Å². The highest BCUT2D eigenvalue weighted by molar-refractivity contribution is 6.04. The number of ether oxygens (including phenoxy) is 2. The summed E-state index contributed by atoms with van der Waals surface area (Å²) in [5.41, 5.74) is 5.57. The fourth-order valence-electron chi connectivity index (χ4n) is 1.56. The summed E-state index contributed by atoms with van der Waals surface area (Å²) in [5.74, 6) is -1.35. The van der Waals surface area contributed by atoms with Crippen molar-refractivity contribution < 1.29 is 23.9 Å². The number of primary amides is 1. The number of anilines is 1. The van der Waals surface area contributed by atoms with Crippen LogP contribution in [-0.2, 0) is 14.3 Å². The van der Waals surface area contributed by atoms with Gasteiger partial charge in [-0.25, -0.2) is 4.79 Å². The Bertz CT molecular complexity index is 515. The number of methoxy groups -OCH3 is 1. The van der Waals surface area contributed by atoms with Crippen molar-refractivity contribution in [2.75, 3.05) is 25.2 Å². The van der Waals surface area contributed by atoms with Crippen molar-refractivity contribution in [3.63, 3.8) is 0 Å². The van der Waals surface area contributed by atoms with Gasteiger partial charge in [0.15, 0.2) is 0 Å². The highest BCUT2D eigenvalue weighted by Gasteiger charge is 2.24. The maximum absolute atomic E-state index is 11.9. The minimum Gasteiger partial charge on any atom is -0.468 e. The number of carbonyl (C=O) groups excluding carboxylic acids is 3. The number of hydrogen-bond donors (Lipinski definition) is 1. The molecule has 0 heterocycles. The molecule has 0 aromatic heterocycles. The number of benzene rings is 1. The van der Waals surface area contributed by atoms with Crippen molar-refractivity contribution >= 4 is 23.7 Å². The molecule has 0 spiro atoms. The van der Waals surface area contributed by atoms with E-state index >= 15 is 0 Å². The van der Waals surface area contributed by atoms with Gasteiger partial charge < -0.3 is 15.2 Å². The second-order valence-corrected chi connectivity index (χ2v) is 3.74. The molecule has 7 heteroatoms. The summed E-state index contributed by atoms with van der Waals surface area (Å²) in [6.07, 6.45) is -0.758. The van der Waals surface area contributed by atoms with Crippen LogP contribution in [0.15, 0.2) is 24.3 Å². The topological polar surface area (TPSA) is 98.9 Å². The fraction of sp³-hybridized carbons (Fsp3) is 0.308. The third kappa shape index (κ3) is 3.71. The summed E-state index contributed by atoms with van der Waals surface area (Å²) >= 11 is 0. The molecule has 0 saturated carbocycles. The molecule has 2 N–H and O–H groups in total. The van der Waals surface area contributed by atoms with E-state index in [4.69, 9.17) is 10.5 Å². The molecule has 7 nitrogen and oxygen atoms in total. The lowest BCUT2D eigenvalue weighted by Gasteiger charge is -2.22. The summed E-state index contributed by atoms with van der Waals surface area (Å²) in [4.78, 5) is 35.7. The molecule has 0 atom stereocenters. The van der Waals surface area contributed by atoms with E-state index in [1.54, 1.807) is 19.1 Å². The summed E-state index contributed by atoms with van der Waals surface area (Å²) < 4.78 is 9.39. The number of carbonyl (C=O) groups is 3. The number of para-hydroxylation sites is 1. The molecule has 0 aliphatic carbocycles. The lowest BCUT2D eigenvalue weighted by molar-refractivity contribution is -0.138. The molecule has 1 aromatic rings. The van der Waals surface area contributed by atoms with Crippen LogP contribution in [0.1, 0.15) is 17.3 Å². The zero-order valence-corrected chi connectivity index (χ0v) is 11.3. The van der Waals surface area contributed by atoms with Crippen LogP contribution in [0.4, 0.5) is 10.5 Å². The average Bonchev–Trinajstić information content (AvgIpc) is 2.44. The van der Waals surface area contributed by atoms with Crippen molar-refractivity contribution in [1.82, 2.24) is 0 Å². The van der Waals surface area contributed by atoms with Crippen molar-refractivity contribution in [2.24, 2.45) is 5.73 Å². The van der Waals surface area contributed by atoms with Crippen molar-refractivity contribution in [2.45, 2.75) is 6.92 Å². The average molecular weight is 280 g/mol. The SMILES string of the molecule is CCOC(=O)N(CC(=O)OC)c1ccccc1C(N)=O. The maximum Gasteiger partial charge on any atom is 0.414 e. The highest BCUT2D eigenvalue weighted by Crippen LogP contribution is 2.21. The van der Waals surface area contributed by atoms with E-state index in [2.05, 4.69) is 4.74 Å². The van der Waals surface area contributed by atoms with Crippen LogP contribution in [0.25, 0.3) is 0 Å². The third-order valence-corrected chi connectivity index (χ3v) is 2.46. The molecule has 2 amide bonds. The van der Waals surface area contributed by atoms with E-state index < -0.39 is 18.0 Å². The molecule has 0 saturated heterocycles. The quantitative estimate of drug-likeness (QED) is 0.808. The first-order valence-corrected chi connectivity index (χ1v) is 5.91. The van der Waals surface area contributed by atoms with Gasteiger partial charge in [0.25, 0.3) is 5.91 Å². The van der Waals surface area contributed by atoms with Crippen LogP contribution in [0.3, 0.4) is 0 Å². The molecule has 108 valence electrons. The Labute approximate surface area is 116 Å². The molecule has 0 radical (unpaired) electrons. The Morgan fingerprint density at radius 2 is 1.90 bits per heavy atom. The van der Waals surface area contributed by atoms with Gasteiger partial charge in [0.2, 0.25) is 0 Å². The van der Waals surface area contributed by atoms with Gasteiger partial charge in [-0.2, -0.15) is 0 Å². The molecule has 1 rings (SSSR count). The van der Waals surface area contributed by atoms with Gasteiger partial charge in [-0.3, -0.25) is 14.5 Å². The van der Waals surface area contributed by atoms with Crippen LogP contribution in [0, 0.1) is 0 Å². The molecule has 0 aliphatic heterocycles. The molecular weight excluding hydrogens is 264 g/mol. The largest absolute Gasteiger partial charge is 0.468 e. The zero-order valence-electron chi connectivity index (χ0n) is 11.3. The molecule has 0 aliphatic rings. The number of hydrogen-bond acceptors (Lipinski definition) is 5. The number of nitrogens with zero attached hydrogens (tertiary/aromatic N) is 1. The Balaban J connectivity index is 3.19. The van der Waals surface area contributed by atoms with Crippen molar-refractivity contribution in [1.29, 1.82) is 0 Å². The summed E-state index contributed by atoms with van der Waals surface area (Å²) in [7, 11) is 1.20. The second-order valence-electron chi connectivity index (χ2n) is 3.74. The number of rotatable bonds is 5. The first-order valence-electron chi connectivity index (χ1n) is 5.91. The Hall–Kier alpha value is -2.57. The monoisotopic (exact) mass is 280 g/mol. The van der Waals surface area contributed by atoms with Gasteiger partial charge in [-0.05, 0) is 19.1 Å². The minimum atomic E-state index is -0.758. The lowest BCUT2D eigenvalue weighted by atomic mass is 10.1. The van der Waals surface area contributed by atoms with Crippen LogP contribution < -0.4 is 10.6 Å². The second kappa shape index (κ2) is 7.13. The van der Waals surface area contributed by atoms with Gasteiger partial charge in [-0.1, -0.05) is 12.1 Å². The Morgan fingerprint density at radius 1 is 1.25 bits per heavy atom. The molecular formula is C13H16N2O5. The van der Waals surface area contributed by atoms with E-state index in [0.29, 0.717) is 0 Å². The number of esters is 1. The lowest BCUT2D eigenvalue weighted by Crippen LogP contribution is -2.38. The smallest absolute Gasteiger partial charge is 0.414 e. The maximum atomic E-state index is 11.9. The Morgan fingerprint density at radius 3 is 2.45 bits per heavy atom. The highest BCUT2D eigenvalue weighted by atomic mass is 16.6. The van der Waals surface area contributed by atoms with E-state index in [9.17, 15) is 14.4 Å². The van der Waals surface area contributed by atoms with Gasteiger partial charge in [-0.15, -0.1) is 0 Å². The van der Waals surface area contributed by atoms with Gasteiger partial charge in [0, 0.05) is 0 Å². The zero-order chi connectivity index (χ0) is 15.1. The van der Waals surface area contributed by atoms with Crippen molar-refractivity contribution in [3.8, 4) is 0 Å². The fourth-order valence-corrected chi connectivity index (χ4v) is 1.56. The van der Waals surface area contributed by atoms with E-state index in [0.717, 1.165) is 4.90 Å². The predicted molar refractivity (Wildman–Crippen MR) is 71.3 cm³/mol. The first kappa shape index (κ1) is 15.5. The normalized spacial score (nSPS) is 9.70. The standard InChI is InChI=1S/C13H16N2O5/c1-3-20-13(18)15(8-11(16)19-2)10-7-5-4-6-9(10)12(14)17/h4-7H,3,8H2,1-2H3,(H2,14,17). The predicted octanol–water partition coefficient (Wildman–Crippen LogP) is 0.921. The van der Waals surface area contributed by atoms with E-state index in [1.807, 2.05) is 0 Å². The summed E-state index contributed by atoms with van der Waals surface area (Å²) in [6, 6.07) is 6.18. The van der Waals surface area contributed by atoms with Gasteiger partial charge in [0.05, 0.1) is 25.0 Å². The third-order valence-electron chi connectivity index (χ3n) is 2.46. The number of amides is 2. The van der Waals surface area contributed by atoms with Crippen LogP contribution in [0.2, 0.25) is 0 Å².